The molecule has 1 heterocycles. The van der Waals surface area contributed by atoms with Gasteiger partial charge in [0.05, 0.1) is 12.2 Å². The van der Waals surface area contributed by atoms with Crippen LogP contribution in [0, 0.1) is 5.41 Å². The lowest BCUT2D eigenvalue weighted by Gasteiger charge is -2.36. The lowest BCUT2D eigenvalue weighted by atomic mass is 10.0. The maximum Gasteiger partial charge on any atom is 0.427 e. The van der Waals surface area contributed by atoms with Crippen molar-refractivity contribution < 1.29 is 38.1 Å². The van der Waals surface area contributed by atoms with Crippen molar-refractivity contribution >= 4 is 29.7 Å². The molecule has 1 aliphatic rings. The number of rotatable bonds is 12. The normalized spacial score (nSPS) is 14.5. The number of hydrogen-bond donors (Lipinski definition) is 2. The summed E-state index contributed by atoms with van der Waals surface area (Å²) in [6.45, 7) is 10.8. The second-order valence-electron chi connectivity index (χ2n) is 15.1. The molecule has 4 aromatic carbocycles. The van der Waals surface area contributed by atoms with Crippen molar-refractivity contribution in [1.82, 2.24) is 10.2 Å². The minimum absolute atomic E-state index is 0.0927. The summed E-state index contributed by atoms with van der Waals surface area (Å²) in [5, 5.41) is 11.5. The zero-order chi connectivity index (χ0) is 39.6. The van der Waals surface area contributed by atoms with E-state index in [4.69, 9.17) is 29.1 Å². The Labute approximate surface area is 322 Å². The Morgan fingerprint density at radius 3 is 2.04 bits per heavy atom. The zero-order valence-electron chi connectivity index (χ0n) is 32.2. The lowest BCUT2D eigenvalue weighted by molar-refractivity contribution is -0.127. The molecule has 12 heteroatoms. The van der Waals surface area contributed by atoms with Gasteiger partial charge in [-0.15, -0.1) is 4.90 Å². The summed E-state index contributed by atoms with van der Waals surface area (Å²) < 4.78 is 29.6. The number of carbonyl (C=O) groups is 3. The number of anilines is 1. The molecule has 0 aliphatic carbocycles. The Morgan fingerprint density at radius 2 is 1.38 bits per heavy atom. The first kappa shape index (κ1) is 40.2. The average molecular weight is 751 g/mol. The number of carbonyl (C=O) groups excluding carboxylic acids is 3. The summed E-state index contributed by atoms with van der Waals surface area (Å²) in [5.41, 5.74) is 0.734. The van der Waals surface area contributed by atoms with Crippen LogP contribution in [0.2, 0.25) is 0 Å². The number of nitrogens with zero attached hydrogens (tertiary/aromatic N) is 2. The van der Waals surface area contributed by atoms with Crippen molar-refractivity contribution in [3.8, 4) is 17.2 Å². The fraction of sp³-hybridized carbons (Fsp3) is 0.349. The van der Waals surface area contributed by atoms with Gasteiger partial charge in [0.25, 0.3) is 5.91 Å². The maximum absolute atomic E-state index is 14.3. The molecule has 5 rings (SSSR count). The van der Waals surface area contributed by atoms with E-state index >= 15 is 0 Å². The Kier molecular flexibility index (Phi) is 13.0. The van der Waals surface area contributed by atoms with E-state index in [1.54, 1.807) is 46.4 Å². The Morgan fingerprint density at radius 1 is 0.800 bits per heavy atom. The number of para-hydroxylation sites is 3. The number of fused-ring (bicyclic) bond motifs is 1. The smallest absolute Gasteiger partial charge is 0.427 e. The third-order valence-corrected chi connectivity index (χ3v) is 8.11. The van der Waals surface area contributed by atoms with Crippen LogP contribution in [-0.2, 0) is 27.4 Å². The molecule has 0 fully saturated rings. The first-order valence-corrected chi connectivity index (χ1v) is 18.3. The van der Waals surface area contributed by atoms with Crippen molar-refractivity contribution in [2.75, 3.05) is 11.4 Å². The Hall–Kier alpha value is -6.04. The van der Waals surface area contributed by atoms with Gasteiger partial charge in [0, 0.05) is 19.4 Å². The monoisotopic (exact) mass is 750 g/mol. The fourth-order valence-electron chi connectivity index (χ4n) is 5.70. The van der Waals surface area contributed by atoms with Crippen molar-refractivity contribution in [3.05, 3.63) is 120 Å². The van der Waals surface area contributed by atoms with E-state index in [9.17, 15) is 14.4 Å². The molecule has 0 spiro atoms. The summed E-state index contributed by atoms with van der Waals surface area (Å²) in [6, 6.07) is 34.2. The highest BCUT2D eigenvalue weighted by Gasteiger charge is 2.37. The molecule has 55 heavy (non-hydrogen) atoms. The van der Waals surface area contributed by atoms with E-state index in [0.29, 0.717) is 34.4 Å². The average Bonchev–Trinajstić information content (AvgIpc) is 3.12. The summed E-state index contributed by atoms with van der Waals surface area (Å²) in [7, 11) is 0. The van der Waals surface area contributed by atoms with Crippen molar-refractivity contribution in [2.24, 2.45) is 0 Å². The van der Waals surface area contributed by atoms with Crippen LogP contribution >= 0.6 is 0 Å². The van der Waals surface area contributed by atoms with Crippen molar-refractivity contribution in [1.29, 1.82) is 5.41 Å². The molecule has 0 bridgehead atoms. The fourth-order valence-corrected chi connectivity index (χ4v) is 5.70. The maximum atomic E-state index is 14.3. The minimum atomic E-state index is -1.05. The van der Waals surface area contributed by atoms with Crippen LogP contribution in [0.5, 0.6) is 17.2 Å². The van der Waals surface area contributed by atoms with Gasteiger partial charge in [-0.3, -0.25) is 10.2 Å². The standard InChI is InChI=1S/C43H50N4O8/c1-42(2,3)54-40(49)47(41(50)55-43(4,5)6)39(44)45-25-24-34(52-32-19-11-8-12-20-32)27-37-38(48)46(35-22-13-14-23-36(35)53-37)28-31-18-15-21-33(26-31)51-29-30-16-9-7-10-17-30/h7-23,26,34,37H,24-25,27-29H2,1-6H3,(H2,44,45). The van der Waals surface area contributed by atoms with Gasteiger partial charge in [-0.2, -0.15) is 0 Å². The molecular weight excluding hydrogens is 700 g/mol. The highest BCUT2D eigenvalue weighted by atomic mass is 16.6. The Balaban J connectivity index is 1.31. The molecule has 0 saturated carbocycles. The summed E-state index contributed by atoms with van der Waals surface area (Å²) in [4.78, 5) is 42.7. The molecule has 2 N–H and O–H groups in total. The number of hydrogen-bond acceptors (Lipinski definition) is 9. The molecule has 0 radical (unpaired) electrons. The predicted octanol–water partition coefficient (Wildman–Crippen LogP) is 8.48. The number of guanidine groups is 1. The molecular formula is C43H50N4O8. The molecule has 2 unspecified atom stereocenters. The van der Waals surface area contributed by atoms with Crippen molar-refractivity contribution in [3.63, 3.8) is 0 Å². The Bertz CT molecular complexity index is 1900. The van der Waals surface area contributed by atoms with Crippen LogP contribution < -0.4 is 24.4 Å². The van der Waals surface area contributed by atoms with E-state index in [-0.39, 0.29) is 31.8 Å². The zero-order valence-corrected chi connectivity index (χ0v) is 32.2. The molecule has 2 atom stereocenters. The van der Waals surface area contributed by atoms with E-state index in [0.717, 1.165) is 11.1 Å². The van der Waals surface area contributed by atoms with Gasteiger partial charge < -0.3 is 33.9 Å². The van der Waals surface area contributed by atoms with E-state index < -0.39 is 41.6 Å². The summed E-state index contributed by atoms with van der Waals surface area (Å²) in [6.07, 6.45) is -3.16. The number of nitrogens with one attached hydrogen (secondary N) is 2. The highest BCUT2D eigenvalue weighted by molar-refractivity contribution is 6.06. The van der Waals surface area contributed by atoms with Gasteiger partial charge in [0.15, 0.2) is 6.10 Å². The van der Waals surface area contributed by atoms with Crippen LogP contribution in [0.1, 0.15) is 65.5 Å². The largest absolute Gasteiger partial charge is 0.490 e. The quantitative estimate of drug-likeness (QED) is 0.108. The highest BCUT2D eigenvalue weighted by Crippen LogP contribution is 2.36. The number of ether oxygens (including phenoxy) is 5. The number of benzene rings is 4. The minimum Gasteiger partial charge on any atom is -0.490 e. The molecule has 12 nitrogen and oxygen atoms in total. The predicted molar refractivity (Wildman–Crippen MR) is 209 cm³/mol. The lowest BCUT2D eigenvalue weighted by Crippen LogP contribution is -2.52. The van der Waals surface area contributed by atoms with Gasteiger partial charge in [-0.1, -0.05) is 72.8 Å². The van der Waals surface area contributed by atoms with Crippen LogP contribution in [0.15, 0.2) is 109 Å². The summed E-state index contributed by atoms with van der Waals surface area (Å²) in [5.74, 6) is 1.07. The van der Waals surface area contributed by atoms with E-state index in [2.05, 4.69) is 5.32 Å². The molecule has 0 aromatic heterocycles. The van der Waals surface area contributed by atoms with Crippen LogP contribution in [0.25, 0.3) is 0 Å². The molecule has 1 aliphatic heterocycles. The van der Waals surface area contributed by atoms with E-state index in [1.165, 1.54) is 0 Å². The molecule has 3 amide bonds. The van der Waals surface area contributed by atoms with Gasteiger partial charge in [-0.25, -0.2) is 9.59 Å². The van der Waals surface area contributed by atoms with Gasteiger partial charge >= 0.3 is 12.2 Å². The molecule has 4 aromatic rings. The third-order valence-electron chi connectivity index (χ3n) is 8.11. The number of imide groups is 1. The molecule has 290 valence electrons. The number of amides is 3. The second kappa shape index (κ2) is 17.9. The second-order valence-corrected chi connectivity index (χ2v) is 15.1. The first-order valence-electron chi connectivity index (χ1n) is 18.3. The van der Waals surface area contributed by atoms with Crippen molar-refractivity contribution in [2.45, 2.75) is 90.9 Å². The third kappa shape index (κ3) is 12.0. The van der Waals surface area contributed by atoms with Crippen LogP contribution in [0.4, 0.5) is 15.3 Å². The molecule has 0 saturated heterocycles. The van der Waals surface area contributed by atoms with Gasteiger partial charge in [0.2, 0.25) is 5.96 Å². The van der Waals surface area contributed by atoms with Crippen LogP contribution in [-0.4, -0.2) is 58.9 Å². The van der Waals surface area contributed by atoms with Gasteiger partial charge in [-0.05, 0) is 89.1 Å². The first-order chi connectivity index (χ1) is 26.1. The van der Waals surface area contributed by atoms with E-state index in [1.807, 2.05) is 109 Å². The van der Waals surface area contributed by atoms with Gasteiger partial charge in [0.1, 0.15) is 41.2 Å². The summed E-state index contributed by atoms with van der Waals surface area (Å²) >= 11 is 0. The topological polar surface area (TPSA) is 140 Å². The SMILES string of the molecule is CC(C)(C)OC(=O)N(C(=N)NCCC(CC1Oc2ccccc2N(Cc2cccc(OCc3ccccc3)c2)C1=O)Oc1ccccc1)C(=O)OC(C)(C)C. The van der Waals surface area contributed by atoms with Crippen LogP contribution in [0.3, 0.4) is 0 Å².